The Labute approximate surface area is 176 Å². The standard InChI is InChI=1S/C23H28N4OS/c28-21(23-13-16-10-17(14-23)12-18(11-16)15-23)26-6-8-27(9-7-26)22-24-20(25-29-22)19-4-2-1-3-5-19/h1-5,16-18H,6-15H2. The Morgan fingerprint density at radius 1 is 0.931 bits per heavy atom. The van der Waals surface area contributed by atoms with Crippen LogP contribution in [-0.2, 0) is 4.79 Å². The van der Waals surface area contributed by atoms with E-state index < -0.39 is 0 Å². The lowest BCUT2D eigenvalue weighted by Gasteiger charge is -2.57. The van der Waals surface area contributed by atoms with Gasteiger partial charge in [-0.3, -0.25) is 4.79 Å². The summed E-state index contributed by atoms with van der Waals surface area (Å²) >= 11 is 1.47. The molecule has 0 spiro atoms. The van der Waals surface area contributed by atoms with Crippen LogP contribution in [0.2, 0.25) is 0 Å². The van der Waals surface area contributed by atoms with E-state index >= 15 is 0 Å². The number of rotatable bonds is 3. The van der Waals surface area contributed by atoms with Gasteiger partial charge in [-0.1, -0.05) is 30.3 Å². The zero-order chi connectivity index (χ0) is 19.4. The van der Waals surface area contributed by atoms with Crippen LogP contribution in [0.1, 0.15) is 38.5 Å². The minimum atomic E-state index is -0.0138. The third-order valence-electron chi connectivity index (χ3n) is 7.78. The van der Waals surface area contributed by atoms with Crippen LogP contribution >= 0.6 is 11.5 Å². The lowest BCUT2D eigenvalue weighted by Crippen LogP contribution is -2.58. The molecule has 0 unspecified atom stereocenters. The van der Waals surface area contributed by atoms with Crippen LogP contribution in [0.5, 0.6) is 0 Å². The number of nitrogens with zero attached hydrogens (tertiary/aromatic N) is 4. The zero-order valence-corrected chi connectivity index (χ0v) is 17.6. The maximum atomic E-state index is 13.6. The Bertz CT molecular complexity index is 867. The van der Waals surface area contributed by atoms with Gasteiger partial charge in [0.05, 0.1) is 5.41 Å². The van der Waals surface area contributed by atoms with Gasteiger partial charge >= 0.3 is 0 Å². The van der Waals surface area contributed by atoms with E-state index in [1.54, 1.807) is 0 Å². The number of hydrogen-bond acceptors (Lipinski definition) is 5. The maximum absolute atomic E-state index is 13.6. The van der Waals surface area contributed by atoms with Crippen LogP contribution in [0.25, 0.3) is 11.4 Å². The van der Waals surface area contributed by atoms with Crippen molar-refractivity contribution in [3.63, 3.8) is 0 Å². The molecule has 1 aromatic heterocycles. The average molecular weight is 409 g/mol. The third kappa shape index (κ3) is 3.07. The van der Waals surface area contributed by atoms with Crippen molar-refractivity contribution in [1.29, 1.82) is 0 Å². The summed E-state index contributed by atoms with van der Waals surface area (Å²) < 4.78 is 4.55. The van der Waals surface area contributed by atoms with Crippen LogP contribution < -0.4 is 4.90 Å². The summed E-state index contributed by atoms with van der Waals surface area (Å²) in [6.45, 7) is 3.37. The summed E-state index contributed by atoms with van der Waals surface area (Å²) in [7, 11) is 0. The van der Waals surface area contributed by atoms with Gasteiger partial charge in [0.1, 0.15) is 0 Å². The molecule has 1 aromatic carbocycles. The van der Waals surface area contributed by atoms with Crippen molar-refractivity contribution >= 4 is 22.6 Å². The van der Waals surface area contributed by atoms with Crippen molar-refractivity contribution in [2.45, 2.75) is 38.5 Å². The van der Waals surface area contributed by atoms with E-state index in [4.69, 9.17) is 4.98 Å². The molecule has 2 heterocycles. The Morgan fingerprint density at radius 2 is 1.55 bits per heavy atom. The predicted octanol–water partition coefficient (Wildman–Crippen LogP) is 4.07. The van der Waals surface area contributed by atoms with Crippen LogP contribution in [0, 0.1) is 23.2 Å². The molecule has 4 saturated carbocycles. The molecule has 5 aliphatic rings. The monoisotopic (exact) mass is 408 g/mol. The predicted molar refractivity (Wildman–Crippen MR) is 115 cm³/mol. The molecular formula is C23H28N4OS. The first-order valence-corrected chi connectivity index (χ1v) is 11.9. The third-order valence-corrected chi connectivity index (χ3v) is 8.55. The van der Waals surface area contributed by atoms with Crippen molar-refractivity contribution in [2.24, 2.45) is 23.2 Å². The summed E-state index contributed by atoms with van der Waals surface area (Å²) in [5, 5.41) is 0.978. The second kappa shape index (κ2) is 6.79. The molecule has 5 nitrogen and oxygen atoms in total. The van der Waals surface area contributed by atoms with E-state index in [0.717, 1.165) is 79.7 Å². The average Bonchev–Trinajstić information content (AvgIpc) is 3.23. The van der Waals surface area contributed by atoms with Crippen LogP contribution in [-0.4, -0.2) is 46.3 Å². The smallest absolute Gasteiger partial charge is 0.228 e. The quantitative estimate of drug-likeness (QED) is 0.768. The Kier molecular flexibility index (Phi) is 4.19. The fourth-order valence-electron chi connectivity index (χ4n) is 6.86. The maximum Gasteiger partial charge on any atom is 0.228 e. The van der Waals surface area contributed by atoms with Crippen molar-refractivity contribution in [3.05, 3.63) is 30.3 Å². The Balaban J connectivity index is 1.12. The van der Waals surface area contributed by atoms with E-state index in [1.165, 1.54) is 30.8 Å². The molecule has 1 aliphatic heterocycles. The molecule has 29 heavy (non-hydrogen) atoms. The van der Waals surface area contributed by atoms with E-state index in [2.05, 4.69) is 14.2 Å². The van der Waals surface area contributed by atoms with Gasteiger partial charge in [0.25, 0.3) is 0 Å². The van der Waals surface area contributed by atoms with Gasteiger partial charge in [-0.25, -0.2) is 0 Å². The topological polar surface area (TPSA) is 49.3 Å². The number of hydrogen-bond donors (Lipinski definition) is 0. The number of carbonyl (C=O) groups excluding carboxylic acids is 1. The molecule has 152 valence electrons. The summed E-state index contributed by atoms with van der Waals surface area (Å²) in [5.41, 5.74) is 1.05. The molecule has 1 amide bonds. The normalized spacial score (nSPS) is 33.3. The van der Waals surface area contributed by atoms with Gasteiger partial charge in [0, 0.05) is 43.3 Å². The molecule has 5 fully saturated rings. The van der Waals surface area contributed by atoms with E-state index in [-0.39, 0.29) is 5.41 Å². The second-order valence-corrected chi connectivity index (χ2v) is 10.5. The molecular weight excluding hydrogens is 380 g/mol. The summed E-state index contributed by atoms with van der Waals surface area (Å²) in [5.74, 6) is 3.74. The molecule has 1 saturated heterocycles. The van der Waals surface area contributed by atoms with Crippen molar-refractivity contribution < 1.29 is 4.79 Å². The largest absolute Gasteiger partial charge is 0.343 e. The number of carbonyl (C=O) groups is 1. The fourth-order valence-corrected chi connectivity index (χ4v) is 7.60. The van der Waals surface area contributed by atoms with Crippen molar-refractivity contribution in [3.8, 4) is 11.4 Å². The summed E-state index contributed by atoms with van der Waals surface area (Å²) in [6, 6.07) is 10.1. The highest BCUT2D eigenvalue weighted by Gasteiger charge is 2.55. The van der Waals surface area contributed by atoms with Gasteiger partial charge in [-0.2, -0.15) is 9.36 Å². The van der Waals surface area contributed by atoms with Gasteiger partial charge in [0.15, 0.2) is 5.82 Å². The summed E-state index contributed by atoms with van der Waals surface area (Å²) in [4.78, 5) is 22.8. The highest BCUT2D eigenvalue weighted by atomic mass is 32.1. The number of benzene rings is 1. The first-order valence-electron chi connectivity index (χ1n) is 11.1. The lowest BCUT2D eigenvalue weighted by atomic mass is 9.49. The van der Waals surface area contributed by atoms with E-state index in [1.807, 2.05) is 30.3 Å². The number of aromatic nitrogens is 2. The molecule has 0 atom stereocenters. The second-order valence-electron chi connectivity index (χ2n) is 9.74. The molecule has 2 aromatic rings. The Hall–Kier alpha value is -1.95. The first kappa shape index (κ1) is 17.9. The van der Waals surface area contributed by atoms with Crippen molar-refractivity contribution in [2.75, 3.05) is 31.1 Å². The first-order chi connectivity index (χ1) is 14.2. The molecule has 4 bridgehead atoms. The van der Waals surface area contributed by atoms with Gasteiger partial charge in [-0.05, 0) is 56.3 Å². The summed E-state index contributed by atoms with van der Waals surface area (Å²) in [6.07, 6.45) is 7.65. The number of anilines is 1. The highest BCUT2D eigenvalue weighted by Crippen LogP contribution is 2.60. The SMILES string of the molecule is O=C(N1CCN(c2nc(-c3ccccc3)ns2)CC1)C12CC3CC(CC(C3)C1)C2. The van der Waals surface area contributed by atoms with E-state index in [0.29, 0.717) is 5.91 Å². The lowest BCUT2D eigenvalue weighted by molar-refractivity contribution is -0.158. The Morgan fingerprint density at radius 3 is 2.17 bits per heavy atom. The zero-order valence-electron chi connectivity index (χ0n) is 16.8. The van der Waals surface area contributed by atoms with Crippen LogP contribution in [0.3, 0.4) is 0 Å². The van der Waals surface area contributed by atoms with Gasteiger partial charge < -0.3 is 9.80 Å². The number of amides is 1. The van der Waals surface area contributed by atoms with Gasteiger partial charge in [0.2, 0.25) is 11.0 Å². The van der Waals surface area contributed by atoms with Crippen LogP contribution in [0.4, 0.5) is 5.13 Å². The molecule has 0 radical (unpaired) electrons. The van der Waals surface area contributed by atoms with E-state index in [9.17, 15) is 4.79 Å². The fraction of sp³-hybridized carbons (Fsp3) is 0.609. The molecule has 6 heteroatoms. The molecule has 4 aliphatic carbocycles. The van der Waals surface area contributed by atoms with Crippen LogP contribution in [0.15, 0.2) is 30.3 Å². The minimum absolute atomic E-state index is 0.0138. The number of piperazine rings is 1. The highest BCUT2D eigenvalue weighted by molar-refractivity contribution is 7.09. The molecule has 0 N–H and O–H groups in total. The minimum Gasteiger partial charge on any atom is -0.343 e. The molecule has 7 rings (SSSR count). The van der Waals surface area contributed by atoms with Gasteiger partial charge in [-0.15, -0.1) is 0 Å². The van der Waals surface area contributed by atoms with Crippen molar-refractivity contribution in [1.82, 2.24) is 14.3 Å².